The van der Waals surface area contributed by atoms with E-state index in [9.17, 15) is 4.79 Å². The second kappa shape index (κ2) is 7.92. The predicted octanol–water partition coefficient (Wildman–Crippen LogP) is 2.76. The number of hydrogen-bond donors (Lipinski definition) is 1. The molecule has 2 aromatic heterocycles. The lowest BCUT2D eigenvalue weighted by molar-refractivity contribution is 0.0942. The van der Waals surface area contributed by atoms with Gasteiger partial charge in [-0.15, -0.1) is 0 Å². The second-order valence-corrected chi connectivity index (χ2v) is 5.27. The molecule has 0 saturated carbocycles. The summed E-state index contributed by atoms with van der Waals surface area (Å²) < 4.78 is 7.21. The number of aromatic nitrogens is 3. The van der Waals surface area contributed by atoms with E-state index in [0.717, 1.165) is 11.3 Å². The summed E-state index contributed by atoms with van der Waals surface area (Å²) in [4.78, 5) is 16.6. The van der Waals surface area contributed by atoms with Crippen LogP contribution < -0.4 is 10.1 Å². The topological polar surface area (TPSA) is 69.0 Å². The van der Waals surface area contributed by atoms with Crippen LogP contribution in [0, 0.1) is 0 Å². The summed E-state index contributed by atoms with van der Waals surface area (Å²) in [5.41, 5.74) is 1.98. The number of nitrogens with one attached hydrogen (secondary N) is 1. The number of para-hydroxylation sites is 1. The SMILES string of the molecule is C=CCOc1cn(-c2ccccc2)nc1C(=O)NCc1cccnc1. The van der Waals surface area contributed by atoms with Gasteiger partial charge in [0.1, 0.15) is 6.61 Å². The lowest BCUT2D eigenvalue weighted by atomic mass is 10.3. The molecule has 3 rings (SSSR count). The first kappa shape index (κ1) is 16.4. The number of rotatable bonds is 7. The van der Waals surface area contributed by atoms with Crippen molar-refractivity contribution < 1.29 is 9.53 Å². The van der Waals surface area contributed by atoms with Crippen LogP contribution in [0.2, 0.25) is 0 Å². The van der Waals surface area contributed by atoms with E-state index in [-0.39, 0.29) is 11.6 Å². The monoisotopic (exact) mass is 334 g/mol. The zero-order chi connectivity index (χ0) is 17.5. The van der Waals surface area contributed by atoms with Crippen molar-refractivity contribution in [3.63, 3.8) is 0 Å². The summed E-state index contributed by atoms with van der Waals surface area (Å²) >= 11 is 0. The molecule has 6 heteroatoms. The van der Waals surface area contributed by atoms with E-state index >= 15 is 0 Å². The van der Waals surface area contributed by atoms with E-state index in [2.05, 4.69) is 22.0 Å². The molecule has 25 heavy (non-hydrogen) atoms. The Kier molecular flexibility index (Phi) is 5.21. The van der Waals surface area contributed by atoms with E-state index in [0.29, 0.717) is 18.9 Å². The zero-order valence-corrected chi connectivity index (χ0v) is 13.6. The minimum Gasteiger partial charge on any atom is -0.485 e. The van der Waals surface area contributed by atoms with Gasteiger partial charge in [-0.1, -0.05) is 36.9 Å². The van der Waals surface area contributed by atoms with Crippen LogP contribution in [0.5, 0.6) is 5.75 Å². The quantitative estimate of drug-likeness (QED) is 0.675. The van der Waals surface area contributed by atoms with Crippen molar-refractivity contribution in [3.05, 3.63) is 85.0 Å². The average molecular weight is 334 g/mol. The smallest absolute Gasteiger partial charge is 0.275 e. The third kappa shape index (κ3) is 4.11. The molecule has 6 nitrogen and oxygen atoms in total. The molecule has 1 aromatic carbocycles. The van der Waals surface area contributed by atoms with E-state index in [1.165, 1.54) is 0 Å². The largest absolute Gasteiger partial charge is 0.485 e. The van der Waals surface area contributed by atoms with E-state index in [4.69, 9.17) is 4.74 Å². The van der Waals surface area contributed by atoms with E-state index in [1.54, 1.807) is 29.3 Å². The fourth-order valence-electron chi connectivity index (χ4n) is 2.25. The fraction of sp³-hybridized carbons (Fsp3) is 0.105. The highest BCUT2D eigenvalue weighted by molar-refractivity contribution is 5.94. The molecule has 0 aliphatic carbocycles. The van der Waals surface area contributed by atoms with Gasteiger partial charge in [0.05, 0.1) is 11.9 Å². The maximum atomic E-state index is 12.5. The molecule has 0 saturated heterocycles. The fourth-order valence-corrected chi connectivity index (χ4v) is 2.25. The first-order valence-corrected chi connectivity index (χ1v) is 7.84. The number of carbonyl (C=O) groups is 1. The van der Waals surface area contributed by atoms with Gasteiger partial charge in [-0.05, 0) is 23.8 Å². The number of carbonyl (C=O) groups excluding carboxylic acids is 1. The van der Waals surface area contributed by atoms with Gasteiger partial charge >= 0.3 is 0 Å². The molecule has 1 amide bonds. The standard InChI is InChI=1S/C19H18N4O2/c1-2-11-25-17-14-23(16-8-4-3-5-9-16)22-18(17)19(24)21-13-15-7-6-10-20-12-15/h2-10,12,14H,1,11,13H2,(H,21,24). The van der Waals surface area contributed by atoms with E-state index in [1.807, 2.05) is 42.5 Å². The van der Waals surface area contributed by atoms with Gasteiger partial charge in [-0.2, -0.15) is 5.10 Å². The number of amides is 1. The van der Waals surface area contributed by atoms with Crippen molar-refractivity contribution in [2.24, 2.45) is 0 Å². The van der Waals surface area contributed by atoms with E-state index < -0.39 is 0 Å². The Hall–Kier alpha value is -3.41. The van der Waals surface area contributed by atoms with Gasteiger partial charge < -0.3 is 10.1 Å². The van der Waals surface area contributed by atoms with Crippen molar-refractivity contribution in [2.75, 3.05) is 6.61 Å². The van der Waals surface area contributed by atoms with Crippen LogP contribution in [0.4, 0.5) is 0 Å². The average Bonchev–Trinajstić information content (AvgIpc) is 3.10. The van der Waals surface area contributed by atoms with Crippen LogP contribution in [0.15, 0.2) is 73.7 Å². The van der Waals surface area contributed by atoms with Crippen LogP contribution in [-0.4, -0.2) is 27.3 Å². The third-order valence-corrected chi connectivity index (χ3v) is 3.45. The molecule has 3 aromatic rings. The molecule has 0 bridgehead atoms. The van der Waals surface area contributed by atoms with Crippen LogP contribution in [-0.2, 0) is 6.54 Å². The maximum absolute atomic E-state index is 12.5. The molecule has 0 aliphatic heterocycles. The highest BCUT2D eigenvalue weighted by Crippen LogP contribution is 2.20. The summed E-state index contributed by atoms with van der Waals surface area (Å²) in [5.74, 6) is 0.102. The molecular weight excluding hydrogens is 316 g/mol. The zero-order valence-electron chi connectivity index (χ0n) is 13.6. The van der Waals surface area contributed by atoms with Crippen LogP contribution in [0.3, 0.4) is 0 Å². The molecular formula is C19H18N4O2. The summed E-state index contributed by atoms with van der Waals surface area (Å²) in [6.45, 7) is 4.29. The molecule has 126 valence electrons. The maximum Gasteiger partial charge on any atom is 0.275 e. The molecule has 0 aliphatic rings. The summed E-state index contributed by atoms with van der Waals surface area (Å²) in [7, 11) is 0. The highest BCUT2D eigenvalue weighted by Gasteiger charge is 2.18. The Balaban J connectivity index is 1.81. The molecule has 2 heterocycles. The van der Waals surface area contributed by atoms with Crippen molar-refractivity contribution in [3.8, 4) is 11.4 Å². The van der Waals surface area contributed by atoms with Gasteiger partial charge in [-0.3, -0.25) is 9.78 Å². The second-order valence-electron chi connectivity index (χ2n) is 5.27. The first-order chi connectivity index (χ1) is 12.3. The molecule has 0 fully saturated rings. The number of nitrogens with zero attached hydrogens (tertiary/aromatic N) is 3. The van der Waals surface area contributed by atoms with Gasteiger partial charge in [0.2, 0.25) is 0 Å². The van der Waals surface area contributed by atoms with Crippen LogP contribution in [0.1, 0.15) is 16.1 Å². The number of ether oxygens (including phenoxy) is 1. The summed E-state index contributed by atoms with van der Waals surface area (Å²) in [6, 6.07) is 13.3. The van der Waals surface area contributed by atoms with Gasteiger partial charge in [0, 0.05) is 18.9 Å². The van der Waals surface area contributed by atoms with Gasteiger partial charge in [-0.25, -0.2) is 4.68 Å². The molecule has 0 spiro atoms. The van der Waals surface area contributed by atoms with Crippen molar-refractivity contribution >= 4 is 5.91 Å². The van der Waals surface area contributed by atoms with Crippen molar-refractivity contribution in [1.29, 1.82) is 0 Å². The summed E-state index contributed by atoms with van der Waals surface area (Å²) in [6.07, 6.45) is 6.71. The number of benzene rings is 1. The van der Waals surface area contributed by atoms with Gasteiger partial charge in [0.25, 0.3) is 5.91 Å². The Morgan fingerprint density at radius 2 is 2.08 bits per heavy atom. The number of pyridine rings is 1. The lowest BCUT2D eigenvalue weighted by Gasteiger charge is -2.05. The van der Waals surface area contributed by atoms with Crippen LogP contribution >= 0.6 is 0 Å². The Bertz CT molecular complexity index is 844. The number of hydrogen-bond acceptors (Lipinski definition) is 4. The Morgan fingerprint density at radius 1 is 1.24 bits per heavy atom. The van der Waals surface area contributed by atoms with Crippen molar-refractivity contribution in [2.45, 2.75) is 6.54 Å². The summed E-state index contributed by atoms with van der Waals surface area (Å²) in [5, 5.41) is 7.21. The van der Waals surface area contributed by atoms with Gasteiger partial charge in [0.15, 0.2) is 11.4 Å². The highest BCUT2D eigenvalue weighted by atomic mass is 16.5. The molecule has 0 unspecified atom stereocenters. The lowest BCUT2D eigenvalue weighted by Crippen LogP contribution is -2.24. The Morgan fingerprint density at radius 3 is 2.80 bits per heavy atom. The molecule has 0 atom stereocenters. The molecule has 0 radical (unpaired) electrons. The normalized spacial score (nSPS) is 10.2. The van der Waals surface area contributed by atoms with Crippen molar-refractivity contribution in [1.82, 2.24) is 20.1 Å². The van der Waals surface area contributed by atoms with Crippen LogP contribution in [0.25, 0.3) is 5.69 Å². The third-order valence-electron chi connectivity index (χ3n) is 3.45. The molecule has 1 N–H and O–H groups in total. The minimum atomic E-state index is -0.308. The predicted molar refractivity (Wildman–Crippen MR) is 94.7 cm³/mol. The minimum absolute atomic E-state index is 0.231. The first-order valence-electron chi connectivity index (χ1n) is 7.84. The Labute approximate surface area is 145 Å².